The summed E-state index contributed by atoms with van der Waals surface area (Å²) >= 11 is 0. The van der Waals surface area contributed by atoms with Gasteiger partial charge >= 0.3 is 0 Å². The number of nitrogens with one attached hydrogen (secondary N) is 1. The third-order valence-electron chi connectivity index (χ3n) is 8.09. The van der Waals surface area contributed by atoms with Gasteiger partial charge in [-0.05, 0) is 42.2 Å². The maximum atomic E-state index is 13.5. The summed E-state index contributed by atoms with van der Waals surface area (Å²) in [5, 5.41) is 18.4. The number of benzene rings is 2. The summed E-state index contributed by atoms with van der Waals surface area (Å²) in [6, 6.07) is 9.07. The van der Waals surface area contributed by atoms with E-state index in [0.29, 0.717) is 36.3 Å². The Morgan fingerprint density at radius 1 is 1.05 bits per heavy atom. The molecule has 6 rings (SSSR count). The highest BCUT2D eigenvalue weighted by Crippen LogP contribution is 2.34. The fourth-order valence-corrected chi connectivity index (χ4v) is 5.86. The summed E-state index contributed by atoms with van der Waals surface area (Å²) in [6.45, 7) is 5.74. The highest BCUT2D eigenvalue weighted by molar-refractivity contribution is 6.10. The van der Waals surface area contributed by atoms with Crippen molar-refractivity contribution in [2.24, 2.45) is 5.92 Å². The molecule has 3 heterocycles. The molecular formula is C29H34N4O5. The average molecular weight is 519 g/mol. The zero-order valence-corrected chi connectivity index (χ0v) is 21.6. The van der Waals surface area contributed by atoms with E-state index >= 15 is 0 Å². The molecule has 0 radical (unpaired) electrons. The standard InChI is InChI=1S/C29H34N4O5/c34-26-16-25-23(27(31-30-25)28(35)19-4-2-1-3-5-19)15-24(26)29(36)33-17-20-6-7-22(14-21(20)18-33)38-13-10-32-8-11-37-12-9-32/h6-7,14-16,19,34H,1-5,8-13,17-18H2,(H,30,31). The monoisotopic (exact) mass is 518 g/mol. The van der Waals surface area contributed by atoms with Crippen LogP contribution in [0.5, 0.6) is 11.5 Å². The summed E-state index contributed by atoms with van der Waals surface area (Å²) in [5.74, 6) is 0.398. The van der Waals surface area contributed by atoms with E-state index in [4.69, 9.17) is 9.47 Å². The number of nitrogens with zero attached hydrogens (tertiary/aromatic N) is 3. The maximum Gasteiger partial charge on any atom is 0.258 e. The minimum absolute atomic E-state index is 0.0229. The quantitative estimate of drug-likeness (QED) is 0.457. The summed E-state index contributed by atoms with van der Waals surface area (Å²) in [5.41, 5.74) is 3.22. The van der Waals surface area contributed by atoms with Crippen LogP contribution in [-0.2, 0) is 17.8 Å². The van der Waals surface area contributed by atoms with E-state index in [0.717, 1.165) is 81.8 Å². The Morgan fingerprint density at radius 2 is 1.84 bits per heavy atom. The Hall–Kier alpha value is -3.43. The van der Waals surface area contributed by atoms with Crippen LogP contribution in [0.1, 0.15) is 64.1 Å². The molecule has 1 aliphatic carbocycles. The third-order valence-corrected chi connectivity index (χ3v) is 8.09. The first-order valence-electron chi connectivity index (χ1n) is 13.7. The van der Waals surface area contributed by atoms with Crippen molar-refractivity contribution in [2.75, 3.05) is 39.5 Å². The number of amides is 1. The van der Waals surface area contributed by atoms with Crippen molar-refractivity contribution in [3.63, 3.8) is 0 Å². The van der Waals surface area contributed by atoms with E-state index in [1.54, 1.807) is 11.0 Å². The maximum absolute atomic E-state index is 13.5. The van der Waals surface area contributed by atoms with Crippen molar-refractivity contribution in [3.05, 3.63) is 52.7 Å². The first kappa shape index (κ1) is 24.9. The first-order valence-corrected chi connectivity index (χ1v) is 13.7. The van der Waals surface area contributed by atoms with Crippen molar-refractivity contribution in [1.29, 1.82) is 0 Å². The molecule has 2 N–H and O–H groups in total. The molecular weight excluding hydrogens is 484 g/mol. The molecule has 1 saturated heterocycles. The molecule has 0 spiro atoms. The topological polar surface area (TPSA) is 108 Å². The normalized spacial score (nSPS) is 18.6. The molecule has 0 atom stereocenters. The number of morpholine rings is 1. The molecule has 0 unspecified atom stereocenters. The Bertz CT molecular complexity index is 1340. The molecule has 0 bridgehead atoms. The van der Waals surface area contributed by atoms with E-state index in [-0.39, 0.29) is 28.9 Å². The summed E-state index contributed by atoms with van der Waals surface area (Å²) < 4.78 is 11.4. The number of phenols is 1. The predicted octanol–water partition coefficient (Wildman–Crippen LogP) is 3.90. The van der Waals surface area contributed by atoms with E-state index in [1.165, 1.54) is 6.07 Å². The van der Waals surface area contributed by atoms with Gasteiger partial charge in [-0.3, -0.25) is 19.6 Å². The number of phenolic OH excluding ortho intramolecular Hbond substituents is 1. The molecule has 9 heteroatoms. The lowest BCUT2D eigenvalue weighted by Crippen LogP contribution is -2.38. The van der Waals surface area contributed by atoms with Crippen LogP contribution in [0, 0.1) is 5.92 Å². The number of carbonyl (C=O) groups excluding carboxylic acids is 2. The second-order valence-corrected chi connectivity index (χ2v) is 10.6. The smallest absolute Gasteiger partial charge is 0.258 e. The lowest BCUT2D eigenvalue weighted by Gasteiger charge is -2.26. The number of ether oxygens (including phenoxy) is 2. The van der Waals surface area contributed by atoms with Gasteiger partial charge in [-0.1, -0.05) is 25.3 Å². The van der Waals surface area contributed by atoms with Crippen LogP contribution < -0.4 is 4.74 Å². The van der Waals surface area contributed by atoms with Crippen molar-refractivity contribution < 1.29 is 24.2 Å². The van der Waals surface area contributed by atoms with Gasteiger partial charge in [-0.2, -0.15) is 5.10 Å². The van der Waals surface area contributed by atoms with Gasteiger partial charge in [0.15, 0.2) is 5.78 Å². The lowest BCUT2D eigenvalue weighted by molar-refractivity contribution is 0.0322. The van der Waals surface area contributed by atoms with Crippen molar-refractivity contribution in [3.8, 4) is 11.5 Å². The van der Waals surface area contributed by atoms with Crippen LogP contribution >= 0.6 is 0 Å². The Morgan fingerprint density at radius 3 is 2.66 bits per heavy atom. The van der Waals surface area contributed by atoms with Crippen molar-refractivity contribution >= 4 is 22.6 Å². The number of hydrogen-bond acceptors (Lipinski definition) is 7. The van der Waals surface area contributed by atoms with Crippen LogP contribution in [0.3, 0.4) is 0 Å². The molecule has 2 aromatic carbocycles. The van der Waals surface area contributed by atoms with Crippen LogP contribution in [0.4, 0.5) is 0 Å². The van der Waals surface area contributed by atoms with E-state index in [1.807, 2.05) is 18.2 Å². The minimum atomic E-state index is -0.271. The number of H-pyrrole nitrogens is 1. The Balaban J connectivity index is 1.15. The minimum Gasteiger partial charge on any atom is -0.507 e. The zero-order valence-electron chi connectivity index (χ0n) is 21.6. The van der Waals surface area contributed by atoms with Gasteiger partial charge in [0.2, 0.25) is 0 Å². The second-order valence-electron chi connectivity index (χ2n) is 10.6. The number of fused-ring (bicyclic) bond motifs is 2. The highest BCUT2D eigenvalue weighted by Gasteiger charge is 2.29. The predicted molar refractivity (Wildman–Crippen MR) is 141 cm³/mol. The fourth-order valence-electron chi connectivity index (χ4n) is 5.86. The van der Waals surface area contributed by atoms with Crippen molar-refractivity contribution in [2.45, 2.75) is 45.2 Å². The number of aromatic hydroxyl groups is 1. The number of aromatic amines is 1. The molecule has 1 aromatic heterocycles. The van der Waals surface area contributed by atoms with Crippen LogP contribution in [0.2, 0.25) is 0 Å². The number of hydrogen-bond donors (Lipinski definition) is 2. The molecule has 38 heavy (non-hydrogen) atoms. The van der Waals surface area contributed by atoms with Gasteiger partial charge in [-0.15, -0.1) is 0 Å². The molecule has 1 amide bonds. The van der Waals surface area contributed by atoms with E-state index < -0.39 is 0 Å². The molecule has 3 aliphatic rings. The number of rotatable bonds is 7. The Kier molecular flexibility index (Phi) is 7.04. The molecule has 2 fully saturated rings. The van der Waals surface area contributed by atoms with Crippen LogP contribution in [-0.4, -0.2) is 76.2 Å². The Labute approximate surface area is 221 Å². The van der Waals surface area contributed by atoms with Gasteiger partial charge < -0.3 is 19.5 Å². The highest BCUT2D eigenvalue weighted by atomic mass is 16.5. The summed E-state index contributed by atoms with van der Waals surface area (Å²) in [7, 11) is 0. The van der Waals surface area contributed by atoms with Gasteiger partial charge in [0, 0.05) is 50.1 Å². The number of carbonyl (C=O) groups is 2. The van der Waals surface area contributed by atoms with Crippen LogP contribution in [0.15, 0.2) is 30.3 Å². The summed E-state index contributed by atoms with van der Waals surface area (Å²) in [4.78, 5) is 30.7. The zero-order chi connectivity index (χ0) is 26.1. The van der Waals surface area contributed by atoms with Gasteiger partial charge in [0.25, 0.3) is 5.91 Å². The molecule has 3 aromatic rings. The number of aromatic nitrogens is 2. The average Bonchev–Trinajstić information content (AvgIpc) is 3.56. The van der Waals surface area contributed by atoms with Crippen molar-refractivity contribution in [1.82, 2.24) is 20.0 Å². The third kappa shape index (κ3) is 5.00. The number of Topliss-reactive ketones (excluding diaryl/α,β-unsaturated/α-hetero) is 1. The van der Waals surface area contributed by atoms with Gasteiger partial charge in [0.05, 0.1) is 24.3 Å². The SMILES string of the molecule is O=C(c1n[nH]c2cc(O)c(C(=O)N3Cc4ccc(OCCN5CCOCC5)cc4C3)cc12)C1CCCCC1. The first-order chi connectivity index (χ1) is 18.6. The summed E-state index contributed by atoms with van der Waals surface area (Å²) in [6.07, 6.45) is 5.03. The lowest BCUT2D eigenvalue weighted by atomic mass is 9.84. The van der Waals surface area contributed by atoms with E-state index in [2.05, 4.69) is 15.1 Å². The molecule has 2 aliphatic heterocycles. The molecule has 1 saturated carbocycles. The largest absolute Gasteiger partial charge is 0.507 e. The van der Waals surface area contributed by atoms with E-state index in [9.17, 15) is 14.7 Å². The molecule has 200 valence electrons. The molecule has 9 nitrogen and oxygen atoms in total. The van der Waals surface area contributed by atoms with Gasteiger partial charge in [0.1, 0.15) is 23.8 Å². The fraction of sp³-hybridized carbons (Fsp3) is 0.483. The number of ketones is 1. The van der Waals surface area contributed by atoms with Gasteiger partial charge in [-0.25, -0.2) is 0 Å². The van der Waals surface area contributed by atoms with Crippen LogP contribution in [0.25, 0.3) is 10.9 Å². The second kappa shape index (κ2) is 10.7.